The smallest absolute Gasteiger partial charge is 0.191 e. The molecule has 138 valence electrons. The maximum Gasteiger partial charge on any atom is 0.191 e. The van der Waals surface area contributed by atoms with Gasteiger partial charge in [0.1, 0.15) is 5.82 Å². The number of guanidine groups is 1. The topological polar surface area (TPSA) is 54.2 Å². The Hall–Kier alpha value is -1.16. The van der Waals surface area contributed by atoms with Crippen molar-refractivity contribution in [1.29, 1.82) is 0 Å². The van der Waals surface area contributed by atoms with Crippen LogP contribution in [0.3, 0.4) is 0 Å². The summed E-state index contributed by atoms with van der Waals surface area (Å²) in [5.41, 5.74) is 3.06. The fraction of sp³-hybridized carbons (Fsp3) is 0.412. The van der Waals surface area contributed by atoms with Gasteiger partial charge in [-0.3, -0.25) is 9.67 Å². The Labute approximate surface area is 173 Å². The highest BCUT2D eigenvalue weighted by atomic mass is 127. The number of nitrogens with one attached hydrogen (secondary N) is 2. The maximum absolute atomic E-state index is 13.3. The zero-order chi connectivity index (χ0) is 17.5. The van der Waals surface area contributed by atoms with Crippen molar-refractivity contribution in [3.8, 4) is 0 Å². The highest BCUT2D eigenvalue weighted by Crippen LogP contribution is 2.17. The molecule has 0 radical (unpaired) electrons. The molecule has 0 aliphatic heterocycles. The van der Waals surface area contributed by atoms with E-state index in [0.717, 1.165) is 35.2 Å². The van der Waals surface area contributed by atoms with Gasteiger partial charge < -0.3 is 10.6 Å². The predicted octanol–water partition coefficient (Wildman–Crippen LogP) is 3.77. The van der Waals surface area contributed by atoms with E-state index < -0.39 is 0 Å². The molecule has 2 aromatic rings. The van der Waals surface area contributed by atoms with E-state index in [1.165, 1.54) is 17.8 Å². The lowest BCUT2D eigenvalue weighted by Crippen LogP contribution is -2.37. The van der Waals surface area contributed by atoms with Crippen LogP contribution in [0, 0.1) is 19.7 Å². The van der Waals surface area contributed by atoms with Crippen LogP contribution in [0.5, 0.6) is 0 Å². The van der Waals surface area contributed by atoms with Crippen molar-refractivity contribution >= 4 is 45.9 Å². The highest BCUT2D eigenvalue weighted by Gasteiger charge is 2.04. The van der Waals surface area contributed by atoms with Crippen molar-refractivity contribution < 1.29 is 4.39 Å². The Morgan fingerprint density at radius 3 is 2.68 bits per heavy atom. The summed E-state index contributed by atoms with van der Waals surface area (Å²) in [5, 5.41) is 10.9. The normalized spacial score (nSPS) is 11.2. The van der Waals surface area contributed by atoms with Crippen LogP contribution in [0.15, 0.2) is 33.7 Å². The van der Waals surface area contributed by atoms with Crippen LogP contribution < -0.4 is 10.6 Å². The first-order valence-corrected chi connectivity index (χ1v) is 8.68. The van der Waals surface area contributed by atoms with Crippen LogP contribution in [0.4, 0.5) is 4.39 Å². The molecule has 0 amide bonds. The minimum atomic E-state index is -0.247. The molecule has 25 heavy (non-hydrogen) atoms. The number of nitrogens with zero attached hydrogens (tertiary/aromatic N) is 3. The quantitative estimate of drug-likeness (QED) is 0.262. The third-order valence-electron chi connectivity index (χ3n) is 3.62. The molecule has 0 unspecified atom stereocenters. The molecule has 0 saturated carbocycles. The number of benzene rings is 1. The molecule has 0 aliphatic carbocycles. The first-order chi connectivity index (χ1) is 11.5. The first kappa shape index (κ1) is 21.9. The highest BCUT2D eigenvalue weighted by molar-refractivity contribution is 14.0. The summed E-state index contributed by atoms with van der Waals surface area (Å²) in [7, 11) is 1.72. The van der Waals surface area contributed by atoms with Crippen molar-refractivity contribution in [2.45, 2.75) is 33.4 Å². The van der Waals surface area contributed by atoms with E-state index in [1.807, 2.05) is 11.6 Å². The predicted molar refractivity (Wildman–Crippen MR) is 114 cm³/mol. The summed E-state index contributed by atoms with van der Waals surface area (Å²) in [6.45, 7) is 6.19. The first-order valence-electron chi connectivity index (χ1n) is 7.89. The Morgan fingerprint density at radius 2 is 2.04 bits per heavy atom. The standard InChI is InChI=1S/C17H23BrFN5.HI/c1-12-9-13(2)24(23-12)8-4-7-21-17(20-3)22-11-14-10-15(19)5-6-16(14)18;/h5-6,9-10H,4,7-8,11H2,1-3H3,(H2,20,21,22);1H. The summed E-state index contributed by atoms with van der Waals surface area (Å²) in [4.78, 5) is 4.18. The molecule has 5 nitrogen and oxygen atoms in total. The molecule has 2 N–H and O–H groups in total. The average Bonchev–Trinajstić information content (AvgIpc) is 2.87. The minimum Gasteiger partial charge on any atom is -0.356 e. The summed E-state index contributed by atoms with van der Waals surface area (Å²) < 4.78 is 16.2. The number of hydrogen-bond donors (Lipinski definition) is 2. The van der Waals surface area contributed by atoms with Crippen LogP contribution in [0.2, 0.25) is 0 Å². The second kappa shape index (κ2) is 10.7. The van der Waals surface area contributed by atoms with Crippen molar-refractivity contribution in [1.82, 2.24) is 20.4 Å². The van der Waals surface area contributed by atoms with E-state index in [9.17, 15) is 4.39 Å². The SMILES string of the molecule is CN=C(NCCCn1nc(C)cc1C)NCc1cc(F)ccc1Br.I. The zero-order valence-electron chi connectivity index (χ0n) is 14.6. The monoisotopic (exact) mass is 523 g/mol. The maximum atomic E-state index is 13.3. The third-order valence-corrected chi connectivity index (χ3v) is 4.39. The van der Waals surface area contributed by atoms with E-state index in [1.54, 1.807) is 13.1 Å². The fourth-order valence-electron chi connectivity index (χ4n) is 2.42. The Morgan fingerprint density at radius 1 is 1.28 bits per heavy atom. The Balaban J connectivity index is 0.00000312. The molecule has 8 heteroatoms. The lowest BCUT2D eigenvalue weighted by atomic mass is 10.2. The molecule has 0 atom stereocenters. The Kier molecular flexibility index (Phi) is 9.41. The van der Waals surface area contributed by atoms with Gasteiger partial charge in [-0.25, -0.2) is 4.39 Å². The van der Waals surface area contributed by atoms with Gasteiger partial charge in [-0.15, -0.1) is 24.0 Å². The van der Waals surface area contributed by atoms with Gasteiger partial charge in [0.05, 0.1) is 5.69 Å². The number of aromatic nitrogens is 2. The van der Waals surface area contributed by atoms with E-state index in [4.69, 9.17) is 0 Å². The molecule has 1 aromatic carbocycles. The summed E-state index contributed by atoms with van der Waals surface area (Å²) >= 11 is 3.42. The van der Waals surface area contributed by atoms with Crippen molar-refractivity contribution in [3.63, 3.8) is 0 Å². The van der Waals surface area contributed by atoms with Gasteiger partial charge in [0.15, 0.2) is 5.96 Å². The molecular weight excluding hydrogens is 500 g/mol. The van der Waals surface area contributed by atoms with E-state index >= 15 is 0 Å². The largest absolute Gasteiger partial charge is 0.356 e. The molecule has 0 fully saturated rings. The minimum absolute atomic E-state index is 0. The van der Waals surface area contributed by atoms with Gasteiger partial charge in [-0.2, -0.15) is 5.10 Å². The Bertz CT molecular complexity index is 717. The number of aliphatic imine (C=N–C) groups is 1. The number of halogens is 3. The van der Waals surface area contributed by atoms with Gasteiger partial charge in [0.25, 0.3) is 0 Å². The molecule has 0 spiro atoms. The molecule has 0 aliphatic rings. The molecule has 1 aromatic heterocycles. The summed E-state index contributed by atoms with van der Waals surface area (Å²) in [6.07, 6.45) is 0.937. The number of hydrogen-bond acceptors (Lipinski definition) is 2. The van der Waals surface area contributed by atoms with Gasteiger partial charge in [0, 0.05) is 36.8 Å². The van der Waals surface area contributed by atoms with Crippen LogP contribution in [0.25, 0.3) is 0 Å². The van der Waals surface area contributed by atoms with Gasteiger partial charge in [0.2, 0.25) is 0 Å². The third kappa shape index (κ3) is 6.93. The van der Waals surface area contributed by atoms with E-state index in [0.29, 0.717) is 12.5 Å². The van der Waals surface area contributed by atoms with Gasteiger partial charge in [-0.05, 0) is 50.1 Å². The van der Waals surface area contributed by atoms with Crippen LogP contribution in [-0.2, 0) is 13.1 Å². The van der Waals surface area contributed by atoms with Crippen LogP contribution >= 0.6 is 39.9 Å². The van der Waals surface area contributed by atoms with E-state index in [-0.39, 0.29) is 29.8 Å². The number of rotatable bonds is 6. The van der Waals surface area contributed by atoms with Gasteiger partial charge >= 0.3 is 0 Å². The molecule has 1 heterocycles. The van der Waals surface area contributed by atoms with Crippen molar-refractivity contribution in [2.24, 2.45) is 4.99 Å². The van der Waals surface area contributed by atoms with Crippen molar-refractivity contribution in [3.05, 3.63) is 51.5 Å². The summed E-state index contributed by atoms with van der Waals surface area (Å²) in [6, 6.07) is 6.72. The summed E-state index contributed by atoms with van der Waals surface area (Å²) in [5.74, 6) is 0.447. The van der Waals surface area contributed by atoms with Crippen LogP contribution in [-0.4, -0.2) is 29.3 Å². The molecular formula is C17H24BrFIN5. The molecule has 2 rings (SSSR count). The molecule has 0 bridgehead atoms. The number of aryl methyl sites for hydroxylation is 3. The lowest BCUT2D eigenvalue weighted by molar-refractivity contribution is 0.555. The fourth-order valence-corrected chi connectivity index (χ4v) is 2.80. The second-order valence-corrected chi connectivity index (χ2v) is 6.45. The average molecular weight is 524 g/mol. The van der Waals surface area contributed by atoms with Gasteiger partial charge in [-0.1, -0.05) is 15.9 Å². The van der Waals surface area contributed by atoms with Crippen LogP contribution in [0.1, 0.15) is 23.4 Å². The second-order valence-electron chi connectivity index (χ2n) is 5.59. The molecule has 0 saturated heterocycles. The zero-order valence-corrected chi connectivity index (χ0v) is 18.6. The van der Waals surface area contributed by atoms with Crippen molar-refractivity contribution in [2.75, 3.05) is 13.6 Å². The van der Waals surface area contributed by atoms with E-state index in [2.05, 4.69) is 49.6 Å². The lowest BCUT2D eigenvalue weighted by Gasteiger charge is -2.13.